The lowest BCUT2D eigenvalue weighted by molar-refractivity contribution is 0.0938. The van der Waals surface area contributed by atoms with Crippen LogP contribution in [0.4, 0.5) is 0 Å². The zero-order valence-corrected chi connectivity index (χ0v) is 14.7. The van der Waals surface area contributed by atoms with Gasteiger partial charge < -0.3 is 20.1 Å². The summed E-state index contributed by atoms with van der Waals surface area (Å²) in [6.07, 6.45) is 0. The van der Waals surface area contributed by atoms with Crippen LogP contribution in [0.5, 0.6) is 11.5 Å². The molecule has 0 fully saturated rings. The first-order valence-electron chi connectivity index (χ1n) is 7.50. The smallest absolute Gasteiger partial charge is 0.255 e. The Kier molecular flexibility index (Phi) is 6.06. The molecule has 0 bridgehead atoms. The second kappa shape index (κ2) is 8.04. The first-order valence-corrected chi connectivity index (χ1v) is 7.88. The number of carbonyl (C=O) groups excluding carboxylic acids is 1. The monoisotopic (exact) mass is 348 g/mol. The van der Waals surface area contributed by atoms with Crippen molar-refractivity contribution in [2.24, 2.45) is 0 Å². The number of methoxy groups -OCH3 is 1. The van der Waals surface area contributed by atoms with Crippen molar-refractivity contribution in [1.29, 1.82) is 0 Å². The number of hydrogen-bond donors (Lipinski definition) is 2. The zero-order chi connectivity index (χ0) is 17.7. The van der Waals surface area contributed by atoms with Crippen LogP contribution in [0.3, 0.4) is 0 Å². The number of aromatic hydroxyl groups is 1. The molecule has 1 amide bonds. The summed E-state index contributed by atoms with van der Waals surface area (Å²) in [4.78, 5) is 14.4. The van der Waals surface area contributed by atoms with Gasteiger partial charge >= 0.3 is 0 Å². The number of rotatable bonds is 6. The van der Waals surface area contributed by atoms with Crippen LogP contribution in [0.2, 0.25) is 5.02 Å². The number of halogens is 1. The number of likely N-dealkylation sites (N-methyl/N-ethyl adjacent to an activating group) is 1. The fraction of sp³-hybridized carbons (Fsp3) is 0.278. The Balaban J connectivity index is 2.16. The van der Waals surface area contributed by atoms with Crippen molar-refractivity contribution in [1.82, 2.24) is 10.2 Å². The van der Waals surface area contributed by atoms with E-state index in [9.17, 15) is 9.90 Å². The van der Waals surface area contributed by atoms with Gasteiger partial charge in [-0.3, -0.25) is 4.79 Å². The van der Waals surface area contributed by atoms with Gasteiger partial charge in [-0.1, -0.05) is 35.9 Å². The maximum Gasteiger partial charge on any atom is 0.255 e. The highest BCUT2D eigenvalue weighted by Crippen LogP contribution is 2.30. The fourth-order valence-corrected chi connectivity index (χ4v) is 2.73. The van der Waals surface area contributed by atoms with Gasteiger partial charge in [0.15, 0.2) is 11.5 Å². The summed E-state index contributed by atoms with van der Waals surface area (Å²) < 4.78 is 5.03. The van der Waals surface area contributed by atoms with Gasteiger partial charge in [0, 0.05) is 11.6 Å². The summed E-state index contributed by atoms with van der Waals surface area (Å²) in [5.74, 6) is -0.278. The molecule has 6 heteroatoms. The molecular weight excluding hydrogens is 328 g/mol. The van der Waals surface area contributed by atoms with E-state index in [2.05, 4.69) is 5.32 Å². The second-order valence-electron chi connectivity index (χ2n) is 5.57. The lowest BCUT2D eigenvalue weighted by atomic mass is 10.1. The van der Waals surface area contributed by atoms with Crippen molar-refractivity contribution in [3.05, 3.63) is 58.6 Å². The fourth-order valence-electron chi connectivity index (χ4n) is 2.47. The third-order valence-corrected chi connectivity index (χ3v) is 4.15. The third kappa shape index (κ3) is 3.99. The Hall–Kier alpha value is -2.24. The van der Waals surface area contributed by atoms with E-state index in [4.69, 9.17) is 16.3 Å². The van der Waals surface area contributed by atoms with Crippen molar-refractivity contribution in [2.75, 3.05) is 27.7 Å². The highest BCUT2D eigenvalue weighted by Gasteiger charge is 2.20. The van der Waals surface area contributed by atoms with Crippen LogP contribution in [0, 0.1) is 0 Å². The highest BCUT2D eigenvalue weighted by molar-refractivity contribution is 6.31. The van der Waals surface area contributed by atoms with Crippen LogP contribution in [0.25, 0.3) is 0 Å². The number of phenolic OH excluding ortho intramolecular Hbond substituents is 1. The molecular formula is C18H21ClN2O3. The summed E-state index contributed by atoms with van der Waals surface area (Å²) >= 11 is 6.26. The second-order valence-corrected chi connectivity index (χ2v) is 5.97. The van der Waals surface area contributed by atoms with Crippen LogP contribution in [0.1, 0.15) is 22.0 Å². The van der Waals surface area contributed by atoms with Gasteiger partial charge in [0.25, 0.3) is 5.91 Å². The number of amides is 1. The van der Waals surface area contributed by atoms with Gasteiger partial charge in [0.2, 0.25) is 0 Å². The topological polar surface area (TPSA) is 61.8 Å². The van der Waals surface area contributed by atoms with Crippen LogP contribution >= 0.6 is 11.6 Å². The van der Waals surface area contributed by atoms with Crippen molar-refractivity contribution in [3.8, 4) is 11.5 Å². The average molecular weight is 349 g/mol. The number of ether oxygens (including phenoxy) is 1. The van der Waals surface area contributed by atoms with E-state index >= 15 is 0 Å². The van der Waals surface area contributed by atoms with Crippen molar-refractivity contribution < 1.29 is 14.6 Å². The molecule has 0 aliphatic carbocycles. The minimum atomic E-state index is -0.370. The van der Waals surface area contributed by atoms with E-state index in [-0.39, 0.29) is 29.0 Å². The van der Waals surface area contributed by atoms with Gasteiger partial charge in [-0.2, -0.15) is 0 Å². The Morgan fingerprint density at radius 3 is 2.58 bits per heavy atom. The normalized spacial score (nSPS) is 12.0. The molecule has 0 aromatic heterocycles. The summed E-state index contributed by atoms with van der Waals surface area (Å²) in [6.45, 7) is 0.353. The Bertz CT molecular complexity index is 719. The largest absolute Gasteiger partial charge is 0.504 e. The maximum atomic E-state index is 12.4. The van der Waals surface area contributed by atoms with Gasteiger partial charge in [-0.15, -0.1) is 0 Å². The number of nitrogens with zero attached hydrogens (tertiary/aromatic N) is 1. The lowest BCUT2D eigenvalue weighted by Crippen LogP contribution is -2.34. The number of carbonyl (C=O) groups is 1. The Labute approximate surface area is 146 Å². The average Bonchev–Trinajstić information content (AvgIpc) is 2.56. The molecule has 128 valence electrons. The van der Waals surface area contributed by atoms with Gasteiger partial charge in [-0.05, 0) is 37.9 Å². The SMILES string of the molecule is COc1cccc(C(=O)NCC(c2ccccc2Cl)N(C)C)c1O. The van der Waals surface area contributed by atoms with Crippen LogP contribution in [-0.4, -0.2) is 43.7 Å². The van der Waals surface area contributed by atoms with Crippen molar-refractivity contribution in [3.63, 3.8) is 0 Å². The van der Waals surface area contributed by atoms with Crippen molar-refractivity contribution in [2.45, 2.75) is 6.04 Å². The van der Waals surface area contributed by atoms with Crippen molar-refractivity contribution >= 4 is 17.5 Å². The predicted octanol–water partition coefficient (Wildman–Crippen LogP) is 3.09. The van der Waals surface area contributed by atoms with Crippen LogP contribution in [-0.2, 0) is 0 Å². The molecule has 2 N–H and O–H groups in total. The summed E-state index contributed by atoms with van der Waals surface area (Å²) in [5.41, 5.74) is 1.10. The molecule has 1 unspecified atom stereocenters. The predicted molar refractivity (Wildman–Crippen MR) is 94.9 cm³/mol. The molecule has 5 nitrogen and oxygen atoms in total. The summed E-state index contributed by atoms with van der Waals surface area (Å²) in [5, 5.41) is 13.6. The van der Waals surface area contributed by atoms with E-state index in [1.54, 1.807) is 18.2 Å². The van der Waals surface area contributed by atoms with Crippen LogP contribution in [0.15, 0.2) is 42.5 Å². The van der Waals surface area contributed by atoms with Gasteiger partial charge in [0.05, 0.1) is 18.7 Å². The first-order chi connectivity index (χ1) is 11.5. The molecule has 2 aromatic carbocycles. The molecule has 1 atom stereocenters. The third-order valence-electron chi connectivity index (χ3n) is 3.81. The van der Waals surface area contributed by atoms with E-state index in [1.807, 2.05) is 43.3 Å². The van der Waals surface area contributed by atoms with Gasteiger partial charge in [0.1, 0.15) is 0 Å². The lowest BCUT2D eigenvalue weighted by Gasteiger charge is -2.26. The first kappa shape index (κ1) is 18.1. The number of para-hydroxylation sites is 1. The standard InChI is InChI=1S/C18H21ClN2O3/c1-21(2)15(12-7-4-5-9-14(12)19)11-20-18(23)13-8-6-10-16(24-3)17(13)22/h4-10,15,22H,11H2,1-3H3,(H,20,23). The Morgan fingerprint density at radius 1 is 1.25 bits per heavy atom. The highest BCUT2D eigenvalue weighted by atomic mass is 35.5. The molecule has 0 saturated heterocycles. The maximum absolute atomic E-state index is 12.4. The molecule has 0 heterocycles. The molecule has 2 rings (SSSR count). The van der Waals surface area contributed by atoms with E-state index in [1.165, 1.54) is 7.11 Å². The summed E-state index contributed by atoms with van der Waals surface area (Å²) in [6, 6.07) is 12.2. The zero-order valence-electron chi connectivity index (χ0n) is 13.9. The molecule has 0 aliphatic rings. The van der Waals surface area contributed by atoms with Crippen LogP contribution < -0.4 is 10.1 Å². The molecule has 0 radical (unpaired) electrons. The number of benzene rings is 2. The minimum Gasteiger partial charge on any atom is -0.504 e. The van der Waals surface area contributed by atoms with Gasteiger partial charge in [-0.25, -0.2) is 0 Å². The number of nitrogens with one attached hydrogen (secondary N) is 1. The van der Waals surface area contributed by atoms with E-state index in [0.29, 0.717) is 11.6 Å². The number of hydrogen-bond acceptors (Lipinski definition) is 4. The molecule has 24 heavy (non-hydrogen) atoms. The van der Waals surface area contributed by atoms with E-state index < -0.39 is 0 Å². The number of phenols is 1. The van der Waals surface area contributed by atoms with E-state index in [0.717, 1.165) is 5.56 Å². The molecule has 0 aliphatic heterocycles. The quantitative estimate of drug-likeness (QED) is 0.842. The molecule has 0 spiro atoms. The summed E-state index contributed by atoms with van der Waals surface area (Å²) in [7, 11) is 5.28. The minimum absolute atomic E-state index is 0.0876. The molecule has 2 aromatic rings. The molecule has 0 saturated carbocycles. The Morgan fingerprint density at radius 2 is 1.96 bits per heavy atom.